The molecule has 0 saturated heterocycles. The first kappa shape index (κ1) is 18.2. The van der Waals surface area contributed by atoms with Gasteiger partial charge in [-0.1, -0.05) is 26.8 Å². The second kappa shape index (κ2) is 7.45. The molecule has 0 radical (unpaired) electrons. The van der Waals surface area contributed by atoms with Gasteiger partial charge in [-0.2, -0.15) is 5.26 Å². The number of anilines is 1. The molecule has 0 unspecified atom stereocenters. The van der Waals surface area contributed by atoms with Crippen LogP contribution in [0.4, 0.5) is 5.69 Å². The lowest BCUT2D eigenvalue weighted by Crippen LogP contribution is -2.17. The number of esters is 2. The summed E-state index contributed by atoms with van der Waals surface area (Å²) in [6.07, 6.45) is 0.977. The van der Waals surface area contributed by atoms with Gasteiger partial charge in [-0.15, -0.1) is 0 Å². The Kier molecular flexibility index (Phi) is 5.91. The van der Waals surface area contributed by atoms with Crippen LogP contribution in [0.2, 0.25) is 0 Å². The SMILES string of the molecule is COC(=O)/C=C(/Nc1ccc(C(C)(C)C)cc1C#N)C(=O)OC. The Balaban J connectivity index is 3.24. The molecule has 1 aromatic rings. The fourth-order valence-corrected chi connectivity index (χ4v) is 1.79. The van der Waals surface area contributed by atoms with Gasteiger partial charge in [0.25, 0.3) is 0 Å². The largest absolute Gasteiger partial charge is 0.466 e. The number of carbonyl (C=O) groups is 2. The van der Waals surface area contributed by atoms with Crippen LogP contribution in [-0.2, 0) is 24.5 Å². The number of nitrogens with zero attached hydrogens (tertiary/aromatic N) is 1. The van der Waals surface area contributed by atoms with Gasteiger partial charge in [0.1, 0.15) is 11.8 Å². The molecule has 0 aliphatic heterocycles. The van der Waals surface area contributed by atoms with Crippen molar-refractivity contribution in [1.82, 2.24) is 0 Å². The Labute approximate surface area is 135 Å². The third-order valence-corrected chi connectivity index (χ3v) is 3.14. The molecular formula is C17H20N2O4. The van der Waals surface area contributed by atoms with Gasteiger partial charge in [-0.3, -0.25) is 0 Å². The smallest absolute Gasteiger partial charge is 0.354 e. The predicted octanol–water partition coefficient (Wildman–Crippen LogP) is 2.50. The van der Waals surface area contributed by atoms with E-state index in [4.69, 9.17) is 0 Å². The molecule has 0 saturated carbocycles. The lowest BCUT2D eigenvalue weighted by atomic mass is 9.86. The van der Waals surface area contributed by atoms with E-state index in [0.717, 1.165) is 11.6 Å². The number of ether oxygens (including phenoxy) is 2. The van der Waals surface area contributed by atoms with Crippen molar-refractivity contribution in [3.05, 3.63) is 41.1 Å². The number of nitriles is 1. The van der Waals surface area contributed by atoms with E-state index in [9.17, 15) is 14.9 Å². The molecule has 122 valence electrons. The van der Waals surface area contributed by atoms with Crippen molar-refractivity contribution >= 4 is 17.6 Å². The summed E-state index contributed by atoms with van der Waals surface area (Å²) in [5, 5.41) is 12.1. The zero-order valence-electron chi connectivity index (χ0n) is 13.9. The van der Waals surface area contributed by atoms with Crippen LogP contribution in [0.25, 0.3) is 0 Å². The number of hydrogen-bond acceptors (Lipinski definition) is 6. The van der Waals surface area contributed by atoms with Crippen LogP contribution < -0.4 is 5.32 Å². The van der Waals surface area contributed by atoms with E-state index >= 15 is 0 Å². The average molecular weight is 316 g/mol. The van der Waals surface area contributed by atoms with E-state index in [1.54, 1.807) is 12.1 Å². The van der Waals surface area contributed by atoms with Gasteiger partial charge in [-0.25, -0.2) is 9.59 Å². The van der Waals surface area contributed by atoms with Crippen molar-refractivity contribution in [1.29, 1.82) is 5.26 Å². The Bertz CT molecular complexity index is 679. The fourth-order valence-electron chi connectivity index (χ4n) is 1.79. The summed E-state index contributed by atoms with van der Waals surface area (Å²) in [6, 6.07) is 7.37. The number of hydrogen-bond donors (Lipinski definition) is 1. The van der Waals surface area contributed by atoms with Crippen molar-refractivity contribution in [2.45, 2.75) is 26.2 Å². The Hall–Kier alpha value is -2.81. The maximum Gasteiger partial charge on any atom is 0.354 e. The van der Waals surface area contributed by atoms with Crippen LogP contribution in [0.5, 0.6) is 0 Å². The fraction of sp³-hybridized carbons (Fsp3) is 0.353. The van der Waals surface area contributed by atoms with Crippen molar-refractivity contribution in [3.63, 3.8) is 0 Å². The highest BCUT2D eigenvalue weighted by molar-refractivity contribution is 5.99. The van der Waals surface area contributed by atoms with E-state index < -0.39 is 11.9 Å². The van der Waals surface area contributed by atoms with Crippen LogP contribution in [0, 0.1) is 11.3 Å². The molecule has 6 nitrogen and oxygen atoms in total. The minimum absolute atomic E-state index is 0.112. The summed E-state index contributed by atoms with van der Waals surface area (Å²) in [5.74, 6) is -1.44. The normalized spacial score (nSPS) is 11.4. The lowest BCUT2D eigenvalue weighted by Gasteiger charge is -2.20. The quantitative estimate of drug-likeness (QED) is 0.678. The number of nitrogens with one attached hydrogen (secondary N) is 1. The van der Waals surface area contributed by atoms with Crippen LogP contribution >= 0.6 is 0 Å². The highest BCUT2D eigenvalue weighted by atomic mass is 16.5. The Morgan fingerprint density at radius 2 is 1.87 bits per heavy atom. The lowest BCUT2D eigenvalue weighted by molar-refractivity contribution is -0.138. The molecule has 23 heavy (non-hydrogen) atoms. The number of benzene rings is 1. The first-order valence-electron chi connectivity index (χ1n) is 6.92. The van der Waals surface area contributed by atoms with E-state index in [0.29, 0.717) is 11.3 Å². The zero-order valence-corrected chi connectivity index (χ0v) is 13.9. The van der Waals surface area contributed by atoms with E-state index in [1.807, 2.05) is 26.8 Å². The first-order valence-corrected chi connectivity index (χ1v) is 6.92. The third-order valence-electron chi connectivity index (χ3n) is 3.14. The van der Waals surface area contributed by atoms with Gasteiger partial charge >= 0.3 is 11.9 Å². The molecule has 6 heteroatoms. The van der Waals surface area contributed by atoms with Crippen molar-refractivity contribution in [3.8, 4) is 6.07 Å². The summed E-state index contributed by atoms with van der Waals surface area (Å²) in [5.41, 5.74) is 1.52. The Morgan fingerprint density at radius 3 is 2.35 bits per heavy atom. The predicted molar refractivity (Wildman–Crippen MR) is 85.6 cm³/mol. The molecule has 0 fully saturated rings. The first-order chi connectivity index (χ1) is 10.7. The molecule has 0 spiro atoms. The topological polar surface area (TPSA) is 88.4 Å². The third kappa shape index (κ3) is 4.85. The molecule has 0 bridgehead atoms. The monoisotopic (exact) mass is 316 g/mol. The van der Waals surface area contributed by atoms with Gasteiger partial charge in [0.15, 0.2) is 0 Å². The van der Waals surface area contributed by atoms with Crippen LogP contribution in [0.1, 0.15) is 31.9 Å². The Morgan fingerprint density at radius 1 is 1.22 bits per heavy atom. The standard InChI is InChI=1S/C17H20N2O4/c1-17(2,3)12-6-7-13(11(8-12)10-18)19-14(16(21)23-5)9-15(20)22-4/h6-9,19H,1-5H3/b14-9+. The molecule has 0 aliphatic rings. The molecule has 1 aromatic carbocycles. The summed E-state index contributed by atoms with van der Waals surface area (Å²) in [7, 11) is 2.40. The van der Waals surface area contributed by atoms with Gasteiger partial charge in [0.05, 0.1) is 31.5 Å². The summed E-state index contributed by atoms with van der Waals surface area (Å²) < 4.78 is 9.13. The van der Waals surface area contributed by atoms with Crippen molar-refractivity contribution < 1.29 is 19.1 Å². The van der Waals surface area contributed by atoms with Gasteiger partial charge in [0.2, 0.25) is 0 Å². The molecule has 1 rings (SSSR count). The van der Waals surface area contributed by atoms with Crippen LogP contribution in [0.3, 0.4) is 0 Å². The van der Waals surface area contributed by atoms with E-state index in [1.165, 1.54) is 14.2 Å². The number of methoxy groups -OCH3 is 2. The maximum atomic E-state index is 11.7. The molecule has 1 N–H and O–H groups in total. The molecule has 0 heterocycles. The molecule has 0 aliphatic carbocycles. The second-order valence-corrected chi connectivity index (χ2v) is 5.82. The molecule has 0 aromatic heterocycles. The van der Waals surface area contributed by atoms with Gasteiger partial charge in [-0.05, 0) is 23.1 Å². The molecule has 0 atom stereocenters. The van der Waals surface area contributed by atoms with Crippen LogP contribution in [-0.4, -0.2) is 26.2 Å². The average Bonchev–Trinajstić information content (AvgIpc) is 2.52. The minimum atomic E-state index is -0.737. The molecule has 0 amide bonds. The van der Waals surface area contributed by atoms with Crippen molar-refractivity contribution in [2.24, 2.45) is 0 Å². The maximum absolute atomic E-state index is 11.7. The summed E-state index contributed by atoms with van der Waals surface area (Å²) >= 11 is 0. The van der Waals surface area contributed by atoms with E-state index in [-0.39, 0.29) is 11.1 Å². The second-order valence-electron chi connectivity index (χ2n) is 5.82. The highest BCUT2D eigenvalue weighted by Gasteiger charge is 2.18. The number of rotatable bonds is 4. The van der Waals surface area contributed by atoms with Gasteiger partial charge < -0.3 is 14.8 Å². The van der Waals surface area contributed by atoms with Crippen LogP contribution in [0.15, 0.2) is 30.0 Å². The number of carbonyl (C=O) groups excluding carboxylic acids is 2. The van der Waals surface area contributed by atoms with E-state index in [2.05, 4.69) is 20.9 Å². The van der Waals surface area contributed by atoms with Gasteiger partial charge in [0, 0.05) is 0 Å². The summed E-state index contributed by atoms with van der Waals surface area (Å²) in [4.78, 5) is 23.1. The zero-order chi connectivity index (χ0) is 17.6. The minimum Gasteiger partial charge on any atom is -0.466 e. The van der Waals surface area contributed by atoms with Crippen molar-refractivity contribution in [2.75, 3.05) is 19.5 Å². The highest BCUT2D eigenvalue weighted by Crippen LogP contribution is 2.27. The molecular weight excluding hydrogens is 296 g/mol. The summed E-state index contributed by atoms with van der Waals surface area (Å²) in [6.45, 7) is 6.11.